The molecule has 0 saturated carbocycles. The number of ether oxygens (including phenoxy) is 1. The maximum atomic E-state index is 12.1. The molecular formula is C12H18N4O5. The fraction of sp³-hybridized carbons (Fsp3) is 0.500. The van der Waals surface area contributed by atoms with Crippen LogP contribution in [-0.2, 0) is 20.9 Å². The number of aryl methyl sites for hydroxylation is 1. The summed E-state index contributed by atoms with van der Waals surface area (Å²) in [4.78, 5) is 49.5. The van der Waals surface area contributed by atoms with Crippen molar-refractivity contribution in [3.8, 4) is 0 Å². The Morgan fingerprint density at radius 2 is 2.10 bits per heavy atom. The lowest BCUT2D eigenvalue weighted by molar-refractivity contribution is -0.147. The number of methoxy groups -OCH3 is 1. The quantitative estimate of drug-likeness (QED) is 0.574. The SMILES string of the molecule is COC(=O)CN(CCN)C(=O)Cn1cc(C)c(=O)[nH]c1=O. The van der Waals surface area contributed by atoms with Gasteiger partial charge in [-0.3, -0.25) is 23.9 Å². The van der Waals surface area contributed by atoms with Crippen molar-refractivity contribution in [2.24, 2.45) is 5.73 Å². The number of hydrogen-bond acceptors (Lipinski definition) is 6. The van der Waals surface area contributed by atoms with Crippen LogP contribution in [0.2, 0.25) is 0 Å². The Balaban J connectivity index is 2.91. The molecule has 116 valence electrons. The Kier molecular flexibility index (Phi) is 5.85. The zero-order valence-electron chi connectivity index (χ0n) is 11.9. The minimum absolute atomic E-state index is 0.158. The number of amides is 1. The number of carbonyl (C=O) groups is 2. The Labute approximate surface area is 120 Å². The predicted molar refractivity (Wildman–Crippen MR) is 73.7 cm³/mol. The fourth-order valence-corrected chi connectivity index (χ4v) is 1.65. The molecule has 0 aliphatic heterocycles. The first-order valence-corrected chi connectivity index (χ1v) is 6.24. The highest BCUT2D eigenvalue weighted by Gasteiger charge is 2.18. The van der Waals surface area contributed by atoms with E-state index in [1.807, 2.05) is 0 Å². The molecule has 1 amide bonds. The van der Waals surface area contributed by atoms with Gasteiger partial charge in [0.15, 0.2) is 0 Å². The summed E-state index contributed by atoms with van der Waals surface area (Å²) in [5, 5.41) is 0. The summed E-state index contributed by atoms with van der Waals surface area (Å²) < 4.78 is 5.57. The van der Waals surface area contributed by atoms with Crippen molar-refractivity contribution in [3.05, 3.63) is 32.6 Å². The molecule has 1 aromatic heterocycles. The van der Waals surface area contributed by atoms with Crippen LogP contribution in [0, 0.1) is 6.92 Å². The van der Waals surface area contributed by atoms with Crippen LogP contribution >= 0.6 is 0 Å². The minimum atomic E-state index is -0.690. The second kappa shape index (κ2) is 7.39. The van der Waals surface area contributed by atoms with Crippen molar-refractivity contribution in [3.63, 3.8) is 0 Å². The maximum absolute atomic E-state index is 12.1. The predicted octanol–water partition coefficient (Wildman–Crippen LogP) is -2.19. The molecule has 0 aliphatic rings. The van der Waals surface area contributed by atoms with E-state index in [0.29, 0.717) is 5.56 Å². The number of aromatic amines is 1. The molecule has 1 heterocycles. The first-order chi connectivity index (χ1) is 9.88. The summed E-state index contributed by atoms with van der Waals surface area (Å²) >= 11 is 0. The van der Waals surface area contributed by atoms with Gasteiger partial charge in [-0.1, -0.05) is 0 Å². The van der Waals surface area contributed by atoms with Crippen LogP contribution in [0.4, 0.5) is 0 Å². The Morgan fingerprint density at radius 3 is 2.67 bits per heavy atom. The van der Waals surface area contributed by atoms with Crippen LogP contribution in [-0.4, -0.2) is 53.1 Å². The molecule has 0 fully saturated rings. The van der Waals surface area contributed by atoms with Crippen molar-refractivity contribution in [2.75, 3.05) is 26.7 Å². The van der Waals surface area contributed by atoms with E-state index in [0.717, 1.165) is 4.57 Å². The molecule has 9 nitrogen and oxygen atoms in total. The highest BCUT2D eigenvalue weighted by atomic mass is 16.5. The van der Waals surface area contributed by atoms with Crippen molar-refractivity contribution in [2.45, 2.75) is 13.5 Å². The lowest BCUT2D eigenvalue weighted by atomic mass is 10.3. The smallest absolute Gasteiger partial charge is 0.328 e. The highest BCUT2D eigenvalue weighted by Crippen LogP contribution is 1.94. The third-order valence-electron chi connectivity index (χ3n) is 2.79. The van der Waals surface area contributed by atoms with Gasteiger partial charge in [0.05, 0.1) is 7.11 Å². The first kappa shape index (κ1) is 16.6. The van der Waals surface area contributed by atoms with Crippen LogP contribution in [0.1, 0.15) is 5.56 Å². The number of nitrogens with two attached hydrogens (primary N) is 1. The molecule has 0 unspecified atom stereocenters. The average Bonchev–Trinajstić information content (AvgIpc) is 2.43. The van der Waals surface area contributed by atoms with E-state index >= 15 is 0 Å². The van der Waals surface area contributed by atoms with Crippen LogP contribution in [0.25, 0.3) is 0 Å². The van der Waals surface area contributed by atoms with E-state index in [1.165, 1.54) is 25.1 Å². The molecule has 0 saturated heterocycles. The van der Waals surface area contributed by atoms with Gasteiger partial charge in [0.2, 0.25) is 5.91 Å². The first-order valence-electron chi connectivity index (χ1n) is 6.24. The number of rotatable bonds is 6. The molecule has 0 radical (unpaired) electrons. The molecule has 0 spiro atoms. The van der Waals surface area contributed by atoms with Crippen LogP contribution in [0.15, 0.2) is 15.8 Å². The third kappa shape index (κ3) is 4.56. The van der Waals surface area contributed by atoms with Gasteiger partial charge in [-0.05, 0) is 6.92 Å². The number of hydrogen-bond donors (Lipinski definition) is 2. The molecule has 0 aromatic carbocycles. The minimum Gasteiger partial charge on any atom is -0.468 e. The Hall–Kier alpha value is -2.42. The van der Waals surface area contributed by atoms with Gasteiger partial charge in [-0.15, -0.1) is 0 Å². The largest absolute Gasteiger partial charge is 0.468 e. The number of nitrogens with zero attached hydrogens (tertiary/aromatic N) is 2. The summed E-state index contributed by atoms with van der Waals surface area (Å²) in [5.74, 6) is -1.05. The topological polar surface area (TPSA) is 127 Å². The highest BCUT2D eigenvalue weighted by molar-refractivity contribution is 5.81. The van der Waals surface area contributed by atoms with Crippen LogP contribution in [0.3, 0.4) is 0 Å². The van der Waals surface area contributed by atoms with Crippen molar-refractivity contribution >= 4 is 11.9 Å². The van der Waals surface area contributed by atoms with E-state index in [4.69, 9.17) is 5.73 Å². The lowest BCUT2D eigenvalue weighted by Gasteiger charge is -2.21. The molecule has 9 heteroatoms. The monoisotopic (exact) mass is 298 g/mol. The average molecular weight is 298 g/mol. The van der Waals surface area contributed by atoms with E-state index < -0.39 is 23.1 Å². The summed E-state index contributed by atoms with van der Waals surface area (Å²) in [6.45, 7) is 1.30. The molecule has 1 aromatic rings. The number of aromatic nitrogens is 2. The molecule has 3 N–H and O–H groups in total. The lowest BCUT2D eigenvalue weighted by Crippen LogP contribution is -2.43. The van der Waals surface area contributed by atoms with Gasteiger partial charge in [-0.2, -0.15) is 0 Å². The normalized spacial score (nSPS) is 10.2. The number of esters is 1. The van der Waals surface area contributed by atoms with Crippen molar-refractivity contribution in [1.82, 2.24) is 14.5 Å². The number of nitrogens with one attached hydrogen (secondary N) is 1. The molecule has 21 heavy (non-hydrogen) atoms. The molecule has 0 atom stereocenters. The van der Waals surface area contributed by atoms with Gasteiger partial charge < -0.3 is 15.4 Å². The van der Waals surface area contributed by atoms with Crippen molar-refractivity contribution in [1.29, 1.82) is 0 Å². The third-order valence-corrected chi connectivity index (χ3v) is 2.79. The van der Waals surface area contributed by atoms with E-state index in [9.17, 15) is 19.2 Å². The molecule has 0 aliphatic carbocycles. The fourth-order valence-electron chi connectivity index (χ4n) is 1.65. The van der Waals surface area contributed by atoms with E-state index in [-0.39, 0.29) is 26.2 Å². The standard InChI is InChI=1S/C12H18N4O5/c1-8-5-16(12(20)14-11(8)19)6-9(17)15(4-3-13)7-10(18)21-2/h5H,3-4,6-7,13H2,1-2H3,(H,14,19,20). The Morgan fingerprint density at radius 1 is 1.43 bits per heavy atom. The molecule has 1 rings (SSSR count). The van der Waals surface area contributed by atoms with Crippen LogP contribution in [0.5, 0.6) is 0 Å². The molecule has 0 bridgehead atoms. The molecular weight excluding hydrogens is 280 g/mol. The zero-order chi connectivity index (χ0) is 16.0. The summed E-state index contributed by atoms with van der Waals surface area (Å²) in [5.41, 5.74) is 4.50. The second-order valence-electron chi connectivity index (χ2n) is 4.38. The second-order valence-corrected chi connectivity index (χ2v) is 4.38. The Bertz CT molecular complexity index is 633. The van der Waals surface area contributed by atoms with Crippen molar-refractivity contribution < 1.29 is 14.3 Å². The summed E-state index contributed by atoms with van der Waals surface area (Å²) in [7, 11) is 1.21. The van der Waals surface area contributed by atoms with E-state index in [2.05, 4.69) is 9.72 Å². The summed E-state index contributed by atoms with van der Waals surface area (Å²) in [6, 6.07) is 0. The van der Waals surface area contributed by atoms with E-state index in [1.54, 1.807) is 0 Å². The summed E-state index contributed by atoms with van der Waals surface area (Å²) in [6.07, 6.45) is 1.29. The van der Waals surface area contributed by atoms with Gasteiger partial charge in [0, 0.05) is 24.8 Å². The zero-order valence-corrected chi connectivity index (χ0v) is 11.9. The van der Waals surface area contributed by atoms with Gasteiger partial charge in [0.25, 0.3) is 5.56 Å². The maximum Gasteiger partial charge on any atom is 0.328 e. The number of carbonyl (C=O) groups excluding carboxylic acids is 2. The van der Waals surface area contributed by atoms with Gasteiger partial charge in [-0.25, -0.2) is 4.79 Å². The van der Waals surface area contributed by atoms with Gasteiger partial charge in [0.1, 0.15) is 13.1 Å². The van der Waals surface area contributed by atoms with Crippen LogP contribution < -0.4 is 17.0 Å². The van der Waals surface area contributed by atoms with Gasteiger partial charge >= 0.3 is 11.7 Å². The number of H-pyrrole nitrogens is 1.